The third-order valence-electron chi connectivity index (χ3n) is 4.01. The first-order valence-corrected chi connectivity index (χ1v) is 9.79. The summed E-state index contributed by atoms with van der Waals surface area (Å²) in [6.45, 7) is 5.85. The van der Waals surface area contributed by atoms with Gasteiger partial charge < -0.3 is 9.88 Å². The van der Waals surface area contributed by atoms with Crippen LogP contribution in [0.1, 0.15) is 26.8 Å². The number of rotatable bonds is 6. The second-order valence-electron chi connectivity index (χ2n) is 6.35. The van der Waals surface area contributed by atoms with E-state index in [0.29, 0.717) is 21.8 Å². The summed E-state index contributed by atoms with van der Waals surface area (Å²) < 4.78 is 3.61. The number of anilines is 1. The second kappa shape index (κ2) is 8.14. The van der Waals surface area contributed by atoms with E-state index in [1.807, 2.05) is 56.7 Å². The van der Waals surface area contributed by atoms with Crippen molar-refractivity contribution in [2.75, 3.05) is 5.32 Å². The Kier molecular flexibility index (Phi) is 5.86. The van der Waals surface area contributed by atoms with Crippen LogP contribution >= 0.6 is 23.4 Å². The zero-order chi connectivity index (χ0) is 19.6. The van der Waals surface area contributed by atoms with Crippen molar-refractivity contribution in [1.29, 1.82) is 0 Å². The number of thioether (sulfide) groups is 1. The van der Waals surface area contributed by atoms with Crippen LogP contribution in [0.15, 0.2) is 41.7 Å². The normalized spacial score (nSPS) is 12.4. The van der Waals surface area contributed by atoms with Gasteiger partial charge in [-0.1, -0.05) is 35.5 Å². The molecule has 3 rings (SSSR count). The van der Waals surface area contributed by atoms with Crippen LogP contribution in [0.4, 0.5) is 5.82 Å². The Bertz CT molecular complexity index is 951. The Morgan fingerprint density at radius 3 is 2.63 bits per heavy atom. The van der Waals surface area contributed by atoms with E-state index in [0.717, 1.165) is 5.56 Å². The Hall–Kier alpha value is -2.32. The van der Waals surface area contributed by atoms with Gasteiger partial charge in [-0.05, 0) is 32.9 Å². The molecule has 2 aromatic heterocycles. The molecule has 0 radical (unpaired) electrons. The summed E-state index contributed by atoms with van der Waals surface area (Å²) in [5.74, 6) is 1.22. The van der Waals surface area contributed by atoms with Crippen LogP contribution in [0.3, 0.4) is 0 Å². The predicted octanol–water partition coefficient (Wildman–Crippen LogP) is 4.03. The first-order valence-electron chi connectivity index (χ1n) is 8.53. The largest absolute Gasteiger partial charge is 0.310 e. The van der Waals surface area contributed by atoms with E-state index in [2.05, 4.69) is 20.6 Å². The van der Waals surface area contributed by atoms with Crippen molar-refractivity contribution in [3.05, 3.63) is 41.6 Å². The summed E-state index contributed by atoms with van der Waals surface area (Å²) >= 11 is 7.60. The number of halogens is 1. The first-order chi connectivity index (χ1) is 12.9. The number of hydrogen-bond acceptors (Lipinski definition) is 5. The molecule has 1 atom stereocenters. The second-order valence-corrected chi connectivity index (χ2v) is 8.06. The maximum atomic E-state index is 12.6. The molecule has 0 aliphatic carbocycles. The van der Waals surface area contributed by atoms with E-state index in [4.69, 9.17) is 11.6 Å². The maximum Gasteiger partial charge on any atom is 0.238 e. The summed E-state index contributed by atoms with van der Waals surface area (Å²) in [5, 5.41) is 16.5. The van der Waals surface area contributed by atoms with Gasteiger partial charge in [-0.25, -0.2) is 4.68 Å². The zero-order valence-corrected chi connectivity index (χ0v) is 17.1. The fourth-order valence-electron chi connectivity index (χ4n) is 2.56. The van der Waals surface area contributed by atoms with Gasteiger partial charge >= 0.3 is 0 Å². The van der Waals surface area contributed by atoms with Crippen molar-refractivity contribution in [3.63, 3.8) is 0 Å². The van der Waals surface area contributed by atoms with Gasteiger partial charge in [0, 0.05) is 24.7 Å². The number of aromatic nitrogens is 5. The first kappa shape index (κ1) is 19.4. The SMILES string of the molecule is CC(C)n1nccc1NC(=O)[C@@H](C)Sc1nnc(-c2ccccc2Cl)n1C. The summed E-state index contributed by atoms with van der Waals surface area (Å²) in [4.78, 5) is 12.6. The van der Waals surface area contributed by atoms with E-state index in [-0.39, 0.29) is 17.2 Å². The Labute approximate surface area is 167 Å². The molecule has 0 saturated heterocycles. The van der Waals surface area contributed by atoms with Gasteiger partial charge in [-0.2, -0.15) is 5.10 Å². The molecule has 0 unspecified atom stereocenters. The van der Waals surface area contributed by atoms with Gasteiger partial charge in [0.25, 0.3) is 0 Å². The minimum absolute atomic E-state index is 0.121. The Morgan fingerprint density at radius 1 is 1.19 bits per heavy atom. The minimum atomic E-state index is -0.359. The van der Waals surface area contributed by atoms with Gasteiger partial charge in [-0.3, -0.25) is 4.79 Å². The molecule has 142 valence electrons. The van der Waals surface area contributed by atoms with Crippen LogP contribution in [0.25, 0.3) is 11.4 Å². The highest BCUT2D eigenvalue weighted by Crippen LogP contribution is 2.30. The molecule has 0 bridgehead atoms. The molecule has 27 heavy (non-hydrogen) atoms. The standard InChI is InChI=1S/C18H21ClN6OS/c1-11(2)25-15(9-10-20-25)21-17(26)12(3)27-18-23-22-16(24(18)4)13-7-5-6-8-14(13)19/h5-12H,1-4H3,(H,21,26)/t12-/m1/s1. The highest BCUT2D eigenvalue weighted by molar-refractivity contribution is 8.00. The van der Waals surface area contributed by atoms with Crippen molar-refractivity contribution in [3.8, 4) is 11.4 Å². The van der Waals surface area contributed by atoms with Crippen molar-refractivity contribution in [1.82, 2.24) is 24.5 Å². The number of benzene rings is 1. The Balaban J connectivity index is 1.73. The van der Waals surface area contributed by atoms with Crippen molar-refractivity contribution in [2.24, 2.45) is 7.05 Å². The van der Waals surface area contributed by atoms with E-state index in [1.165, 1.54) is 11.8 Å². The fraction of sp³-hybridized carbons (Fsp3) is 0.333. The number of nitrogens with zero attached hydrogens (tertiary/aromatic N) is 5. The van der Waals surface area contributed by atoms with Crippen LogP contribution in [-0.2, 0) is 11.8 Å². The summed E-state index contributed by atoms with van der Waals surface area (Å²) in [6.07, 6.45) is 1.67. The number of nitrogens with one attached hydrogen (secondary N) is 1. The maximum absolute atomic E-state index is 12.6. The molecule has 0 spiro atoms. The fourth-order valence-corrected chi connectivity index (χ4v) is 3.59. The number of carbonyl (C=O) groups is 1. The molecule has 0 fully saturated rings. The summed E-state index contributed by atoms with van der Waals surface area (Å²) in [5.41, 5.74) is 0.805. The molecule has 0 saturated carbocycles. The monoisotopic (exact) mass is 404 g/mol. The molecule has 1 N–H and O–H groups in total. The van der Waals surface area contributed by atoms with Crippen molar-refractivity contribution >= 4 is 35.1 Å². The number of amides is 1. The molecule has 7 nitrogen and oxygen atoms in total. The third kappa shape index (κ3) is 4.17. The van der Waals surface area contributed by atoms with E-state index in [1.54, 1.807) is 16.9 Å². The Morgan fingerprint density at radius 2 is 1.93 bits per heavy atom. The topological polar surface area (TPSA) is 77.6 Å². The van der Waals surface area contributed by atoms with E-state index < -0.39 is 0 Å². The van der Waals surface area contributed by atoms with Gasteiger partial charge in [0.05, 0.1) is 16.5 Å². The quantitative estimate of drug-likeness (QED) is 0.627. The molecule has 9 heteroatoms. The minimum Gasteiger partial charge on any atom is -0.310 e. The molecule has 0 aliphatic heterocycles. The molecule has 2 heterocycles. The van der Waals surface area contributed by atoms with Gasteiger partial charge in [0.15, 0.2) is 11.0 Å². The molecule has 1 amide bonds. The highest BCUT2D eigenvalue weighted by Gasteiger charge is 2.21. The number of carbonyl (C=O) groups excluding carboxylic acids is 1. The van der Waals surface area contributed by atoms with Gasteiger partial charge in [0.1, 0.15) is 5.82 Å². The van der Waals surface area contributed by atoms with Gasteiger partial charge in [-0.15, -0.1) is 10.2 Å². The molecular formula is C18H21ClN6OS. The van der Waals surface area contributed by atoms with Crippen LogP contribution in [0.5, 0.6) is 0 Å². The van der Waals surface area contributed by atoms with Crippen LogP contribution in [-0.4, -0.2) is 35.7 Å². The molecule has 3 aromatic rings. The van der Waals surface area contributed by atoms with Crippen molar-refractivity contribution in [2.45, 2.75) is 37.2 Å². The lowest BCUT2D eigenvalue weighted by molar-refractivity contribution is -0.115. The summed E-state index contributed by atoms with van der Waals surface area (Å²) in [7, 11) is 1.86. The molecule has 1 aromatic carbocycles. The zero-order valence-electron chi connectivity index (χ0n) is 15.5. The van der Waals surface area contributed by atoms with Gasteiger partial charge in [0.2, 0.25) is 5.91 Å². The average molecular weight is 405 g/mol. The molecular weight excluding hydrogens is 384 g/mol. The van der Waals surface area contributed by atoms with Crippen molar-refractivity contribution < 1.29 is 4.79 Å². The van der Waals surface area contributed by atoms with Crippen LogP contribution < -0.4 is 5.32 Å². The average Bonchev–Trinajstić information content (AvgIpc) is 3.23. The van der Waals surface area contributed by atoms with Crippen LogP contribution in [0.2, 0.25) is 5.02 Å². The van der Waals surface area contributed by atoms with E-state index in [9.17, 15) is 4.79 Å². The lowest BCUT2D eigenvalue weighted by atomic mass is 10.2. The van der Waals surface area contributed by atoms with E-state index >= 15 is 0 Å². The molecule has 0 aliphatic rings. The lowest BCUT2D eigenvalue weighted by Gasteiger charge is -2.14. The lowest BCUT2D eigenvalue weighted by Crippen LogP contribution is -2.25. The van der Waals surface area contributed by atoms with Crippen LogP contribution in [0, 0.1) is 0 Å². The predicted molar refractivity (Wildman–Crippen MR) is 108 cm³/mol. The highest BCUT2D eigenvalue weighted by atomic mass is 35.5. The smallest absolute Gasteiger partial charge is 0.238 e. The number of hydrogen-bond donors (Lipinski definition) is 1. The summed E-state index contributed by atoms with van der Waals surface area (Å²) in [6, 6.07) is 9.42. The third-order valence-corrected chi connectivity index (χ3v) is 5.48.